The number of amidine groups is 1. The maximum absolute atomic E-state index is 13.0. The average molecular weight is 409 g/mol. The van der Waals surface area contributed by atoms with Crippen molar-refractivity contribution in [2.24, 2.45) is 4.99 Å². The molecule has 0 spiro atoms. The van der Waals surface area contributed by atoms with Crippen molar-refractivity contribution in [1.82, 2.24) is 0 Å². The van der Waals surface area contributed by atoms with E-state index in [4.69, 9.17) is 0 Å². The Hall–Kier alpha value is -2.50. The average Bonchev–Trinajstić information content (AvgIpc) is 3.26. The number of rotatable bonds is 3. The summed E-state index contributed by atoms with van der Waals surface area (Å²) in [6, 6.07) is 21.4. The number of thiophene rings is 1. The van der Waals surface area contributed by atoms with Crippen molar-refractivity contribution in [1.29, 1.82) is 0 Å². The van der Waals surface area contributed by atoms with Gasteiger partial charge in [-0.25, -0.2) is 4.99 Å². The molecule has 1 amide bonds. The van der Waals surface area contributed by atoms with Crippen LogP contribution in [0.1, 0.15) is 10.4 Å². The van der Waals surface area contributed by atoms with Gasteiger partial charge in [-0.05, 0) is 41.8 Å². The predicted octanol–water partition coefficient (Wildman–Crippen LogP) is 5.35. The number of hydrogen-bond acceptors (Lipinski definition) is 3. The molecule has 0 bridgehead atoms. The maximum Gasteiger partial charge on any atom is 0.282 e. The highest BCUT2D eigenvalue weighted by atomic mass is 79.9. The van der Waals surface area contributed by atoms with E-state index >= 15 is 0 Å². The minimum atomic E-state index is -0.116. The van der Waals surface area contributed by atoms with Gasteiger partial charge in [0.1, 0.15) is 11.5 Å². The maximum atomic E-state index is 13.0. The summed E-state index contributed by atoms with van der Waals surface area (Å²) in [4.78, 5) is 20.4. The van der Waals surface area contributed by atoms with Gasteiger partial charge < -0.3 is 0 Å². The smallest absolute Gasteiger partial charge is 0.266 e. The van der Waals surface area contributed by atoms with Gasteiger partial charge in [-0.15, -0.1) is 11.3 Å². The molecule has 0 N–H and O–H groups in total. The molecule has 0 saturated heterocycles. The first-order valence-electron chi connectivity index (χ1n) is 7.72. The van der Waals surface area contributed by atoms with E-state index < -0.39 is 0 Å². The van der Waals surface area contributed by atoms with Crippen LogP contribution in [0.15, 0.2) is 87.3 Å². The lowest BCUT2D eigenvalue weighted by Gasteiger charge is -2.18. The second kappa shape index (κ2) is 6.78. The number of benzene rings is 2. The molecular weight excluding hydrogens is 396 g/mol. The van der Waals surface area contributed by atoms with Crippen LogP contribution in [0.5, 0.6) is 0 Å². The third kappa shape index (κ3) is 3.21. The van der Waals surface area contributed by atoms with Crippen LogP contribution in [-0.2, 0) is 4.79 Å². The zero-order valence-corrected chi connectivity index (χ0v) is 15.5. The fraction of sp³-hybridized carbons (Fsp3) is 0. The number of carbonyl (C=O) groups excluding carboxylic acids is 1. The van der Waals surface area contributed by atoms with E-state index in [2.05, 4.69) is 20.9 Å². The van der Waals surface area contributed by atoms with Gasteiger partial charge in [0.15, 0.2) is 0 Å². The molecule has 1 aliphatic heterocycles. The molecule has 25 heavy (non-hydrogen) atoms. The van der Waals surface area contributed by atoms with Crippen LogP contribution in [0.4, 0.5) is 5.69 Å². The van der Waals surface area contributed by atoms with E-state index in [1.807, 2.05) is 78.2 Å². The summed E-state index contributed by atoms with van der Waals surface area (Å²) < 4.78 is 0.968. The Morgan fingerprint density at radius 1 is 0.960 bits per heavy atom. The Bertz CT molecular complexity index is 961. The van der Waals surface area contributed by atoms with Crippen LogP contribution >= 0.6 is 27.3 Å². The summed E-state index contributed by atoms with van der Waals surface area (Å²) in [5.74, 6) is 0.533. The fourth-order valence-corrected chi connectivity index (χ4v) is 3.55. The summed E-state index contributed by atoms with van der Waals surface area (Å²) in [5, 5.41) is 1.99. The Balaban J connectivity index is 1.82. The van der Waals surface area contributed by atoms with Gasteiger partial charge in [-0.3, -0.25) is 9.69 Å². The topological polar surface area (TPSA) is 32.7 Å². The van der Waals surface area contributed by atoms with Crippen molar-refractivity contribution >= 4 is 50.8 Å². The quantitative estimate of drug-likeness (QED) is 0.537. The SMILES string of the molecule is O=C1/C(=C\c2cccs2)N=C(c2ccccc2)N1c1ccc(Br)cc1. The van der Waals surface area contributed by atoms with Crippen LogP contribution in [0.3, 0.4) is 0 Å². The molecule has 0 fully saturated rings. The van der Waals surface area contributed by atoms with Gasteiger partial charge in [0, 0.05) is 14.9 Å². The van der Waals surface area contributed by atoms with Gasteiger partial charge in [-0.2, -0.15) is 0 Å². The molecular formula is C20H13BrN2OS. The van der Waals surface area contributed by atoms with E-state index in [1.54, 1.807) is 16.2 Å². The molecule has 3 aromatic rings. The van der Waals surface area contributed by atoms with E-state index in [9.17, 15) is 4.79 Å². The van der Waals surface area contributed by atoms with Crippen molar-refractivity contribution in [2.45, 2.75) is 0 Å². The van der Waals surface area contributed by atoms with E-state index in [-0.39, 0.29) is 5.91 Å². The monoisotopic (exact) mass is 408 g/mol. The molecule has 1 aromatic heterocycles. The molecule has 1 aliphatic rings. The Labute approximate surface area is 158 Å². The largest absolute Gasteiger partial charge is 0.282 e. The van der Waals surface area contributed by atoms with Crippen molar-refractivity contribution in [3.05, 3.63) is 92.7 Å². The summed E-state index contributed by atoms with van der Waals surface area (Å²) in [5.41, 5.74) is 2.16. The van der Waals surface area contributed by atoms with Crippen molar-refractivity contribution in [3.8, 4) is 0 Å². The second-order valence-corrected chi connectivity index (χ2v) is 7.36. The molecule has 3 nitrogen and oxygen atoms in total. The first kappa shape index (κ1) is 16.0. The van der Waals surface area contributed by atoms with Gasteiger partial charge >= 0.3 is 0 Å². The minimum Gasteiger partial charge on any atom is -0.266 e. The third-order valence-corrected chi connectivity index (χ3v) is 5.15. The molecule has 4 rings (SSSR count). The second-order valence-electron chi connectivity index (χ2n) is 5.46. The lowest BCUT2D eigenvalue weighted by molar-refractivity contribution is -0.113. The lowest BCUT2D eigenvalue weighted by atomic mass is 10.2. The zero-order valence-electron chi connectivity index (χ0n) is 13.1. The summed E-state index contributed by atoms with van der Waals surface area (Å²) in [6.07, 6.45) is 1.84. The van der Waals surface area contributed by atoms with E-state index in [0.717, 1.165) is 20.6 Å². The van der Waals surface area contributed by atoms with Crippen molar-refractivity contribution < 1.29 is 4.79 Å². The normalized spacial score (nSPS) is 15.7. The highest BCUT2D eigenvalue weighted by Gasteiger charge is 2.32. The first-order chi connectivity index (χ1) is 12.2. The number of halogens is 1. The molecule has 0 atom stereocenters. The minimum absolute atomic E-state index is 0.116. The van der Waals surface area contributed by atoms with E-state index in [0.29, 0.717) is 11.5 Å². The highest BCUT2D eigenvalue weighted by Crippen LogP contribution is 2.29. The predicted molar refractivity (Wildman–Crippen MR) is 107 cm³/mol. The fourth-order valence-electron chi connectivity index (χ4n) is 2.64. The van der Waals surface area contributed by atoms with Crippen LogP contribution in [0.25, 0.3) is 6.08 Å². The molecule has 0 saturated carbocycles. The Morgan fingerprint density at radius 2 is 1.72 bits per heavy atom. The van der Waals surface area contributed by atoms with Crippen molar-refractivity contribution in [2.75, 3.05) is 4.90 Å². The number of carbonyl (C=O) groups is 1. The summed E-state index contributed by atoms with van der Waals surface area (Å²) in [6.45, 7) is 0. The molecule has 2 aromatic carbocycles. The van der Waals surface area contributed by atoms with Gasteiger partial charge in [0.25, 0.3) is 5.91 Å². The van der Waals surface area contributed by atoms with Gasteiger partial charge in [0.2, 0.25) is 0 Å². The molecule has 0 unspecified atom stereocenters. The molecule has 122 valence electrons. The van der Waals surface area contributed by atoms with Crippen LogP contribution < -0.4 is 4.90 Å². The molecule has 5 heteroatoms. The number of amides is 1. The summed E-state index contributed by atoms with van der Waals surface area (Å²) in [7, 11) is 0. The third-order valence-electron chi connectivity index (χ3n) is 3.80. The number of nitrogens with zero attached hydrogens (tertiary/aromatic N) is 2. The number of anilines is 1. The Kier molecular flexibility index (Phi) is 4.34. The Morgan fingerprint density at radius 3 is 2.40 bits per heavy atom. The van der Waals surface area contributed by atoms with E-state index in [1.165, 1.54) is 0 Å². The highest BCUT2D eigenvalue weighted by molar-refractivity contribution is 9.10. The lowest BCUT2D eigenvalue weighted by Crippen LogP contribution is -2.32. The van der Waals surface area contributed by atoms with Crippen LogP contribution in [0, 0.1) is 0 Å². The van der Waals surface area contributed by atoms with Crippen molar-refractivity contribution in [3.63, 3.8) is 0 Å². The standard InChI is InChI=1S/C20H13BrN2OS/c21-15-8-10-16(11-9-15)23-19(14-5-2-1-3-6-14)22-18(20(23)24)13-17-7-4-12-25-17/h1-13H/b18-13+. The molecule has 2 heterocycles. The number of hydrogen-bond donors (Lipinski definition) is 0. The first-order valence-corrected chi connectivity index (χ1v) is 9.39. The molecule has 0 radical (unpaired) electrons. The van der Waals surface area contributed by atoms with Crippen LogP contribution in [-0.4, -0.2) is 11.7 Å². The van der Waals surface area contributed by atoms with Gasteiger partial charge in [-0.1, -0.05) is 52.3 Å². The van der Waals surface area contributed by atoms with Gasteiger partial charge in [0.05, 0.1) is 5.69 Å². The molecule has 0 aliphatic carbocycles. The summed E-state index contributed by atoms with van der Waals surface area (Å²) >= 11 is 5.02. The van der Waals surface area contributed by atoms with Crippen LogP contribution in [0.2, 0.25) is 0 Å². The number of aliphatic imine (C=N–C) groups is 1. The zero-order chi connectivity index (χ0) is 17.2.